The Labute approximate surface area is 161 Å². The summed E-state index contributed by atoms with van der Waals surface area (Å²) in [5.74, 6) is 0.726. The Kier molecular flexibility index (Phi) is 4.94. The molecule has 0 radical (unpaired) electrons. The van der Waals surface area contributed by atoms with Gasteiger partial charge in [0.05, 0.1) is 5.92 Å². The Hall–Kier alpha value is -2.67. The van der Waals surface area contributed by atoms with Gasteiger partial charge in [-0.05, 0) is 42.7 Å². The van der Waals surface area contributed by atoms with E-state index in [0.29, 0.717) is 31.3 Å². The van der Waals surface area contributed by atoms with E-state index >= 15 is 0 Å². The zero-order chi connectivity index (χ0) is 18.8. The number of benzene rings is 2. The van der Waals surface area contributed by atoms with Gasteiger partial charge in [-0.1, -0.05) is 0 Å². The van der Waals surface area contributed by atoms with Crippen molar-refractivity contribution in [2.75, 3.05) is 36.2 Å². The van der Waals surface area contributed by atoms with Crippen molar-refractivity contribution in [2.24, 2.45) is 5.92 Å². The van der Waals surface area contributed by atoms with Gasteiger partial charge in [0.2, 0.25) is 11.8 Å². The smallest absolute Gasteiger partial charge is 0.229 e. The molecule has 2 aliphatic rings. The number of fused-ring (bicyclic) bond motifs is 1. The molecule has 4 rings (SSSR count). The SMILES string of the molecule is CSc1ccc(NC(=O)[C@@H]2CC(=O)N(c3ccc4c(c3)OCCO4)C2)cc1. The minimum atomic E-state index is -0.383. The number of amides is 2. The molecule has 6 nitrogen and oxygen atoms in total. The van der Waals surface area contributed by atoms with E-state index in [1.165, 1.54) is 0 Å². The first-order valence-electron chi connectivity index (χ1n) is 8.79. The normalized spacial score (nSPS) is 18.5. The monoisotopic (exact) mass is 384 g/mol. The predicted molar refractivity (Wildman–Crippen MR) is 105 cm³/mol. The predicted octanol–water partition coefficient (Wildman–Crippen LogP) is 3.17. The molecule has 0 saturated carbocycles. The second kappa shape index (κ2) is 7.52. The van der Waals surface area contributed by atoms with Crippen molar-refractivity contribution in [3.63, 3.8) is 0 Å². The molecule has 1 N–H and O–H groups in total. The maximum absolute atomic E-state index is 12.6. The molecule has 0 bridgehead atoms. The number of carbonyl (C=O) groups excluding carboxylic acids is 2. The summed E-state index contributed by atoms with van der Waals surface area (Å²) in [6.07, 6.45) is 2.20. The van der Waals surface area contributed by atoms with Crippen molar-refractivity contribution < 1.29 is 19.1 Å². The summed E-state index contributed by atoms with van der Waals surface area (Å²) >= 11 is 1.65. The van der Waals surface area contributed by atoms with E-state index in [2.05, 4.69) is 5.32 Å². The first-order chi connectivity index (χ1) is 13.1. The largest absolute Gasteiger partial charge is 0.486 e. The lowest BCUT2D eigenvalue weighted by Crippen LogP contribution is -2.28. The van der Waals surface area contributed by atoms with Gasteiger partial charge in [-0.3, -0.25) is 9.59 Å². The van der Waals surface area contributed by atoms with Crippen molar-refractivity contribution >= 4 is 35.0 Å². The molecule has 2 aliphatic heterocycles. The summed E-state index contributed by atoms with van der Waals surface area (Å²) in [7, 11) is 0. The first-order valence-corrected chi connectivity index (χ1v) is 10.0. The summed E-state index contributed by atoms with van der Waals surface area (Å²) in [5, 5.41) is 2.91. The van der Waals surface area contributed by atoms with Crippen molar-refractivity contribution in [3.05, 3.63) is 42.5 Å². The van der Waals surface area contributed by atoms with Crippen molar-refractivity contribution in [3.8, 4) is 11.5 Å². The molecule has 0 spiro atoms. The highest BCUT2D eigenvalue weighted by atomic mass is 32.2. The zero-order valence-corrected chi connectivity index (χ0v) is 15.8. The molecule has 0 aromatic heterocycles. The standard InChI is InChI=1S/C20H20N2O4S/c1-27-16-5-2-14(3-6-16)21-20(24)13-10-19(23)22(12-13)15-4-7-17-18(11-15)26-9-8-25-17/h2-7,11,13H,8-10,12H2,1H3,(H,21,24)/t13-/m1/s1. The van der Waals surface area contributed by atoms with Crippen molar-refractivity contribution in [2.45, 2.75) is 11.3 Å². The molecule has 7 heteroatoms. The molecule has 2 amide bonds. The fourth-order valence-corrected chi connectivity index (χ4v) is 3.66. The van der Waals surface area contributed by atoms with Gasteiger partial charge in [-0.2, -0.15) is 0 Å². The maximum atomic E-state index is 12.6. The summed E-state index contributed by atoms with van der Waals surface area (Å²) < 4.78 is 11.1. The third-order valence-electron chi connectivity index (χ3n) is 4.69. The number of nitrogens with one attached hydrogen (secondary N) is 1. The van der Waals surface area contributed by atoms with Crippen LogP contribution in [-0.2, 0) is 9.59 Å². The van der Waals surface area contributed by atoms with Crippen LogP contribution in [0, 0.1) is 5.92 Å². The topological polar surface area (TPSA) is 67.9 Å². The molecule has 1 saturated heterocycles. The second-order valence-corrected chi connectivity index (χ2v) is 7.33. The van der Waals surface area contributed by atoms with Gasteiger partial charge in [0, 0.05) is 35.3 Å². The van der Waals surface area contributed by atoms with Crippen LogP contribution in [0.15, 0.2) is 47.4 Å². The van der Waals surface area contributed by atoms with Crippen LogP contribution in [0.2, 0.25) is 0 Å². The number of ether oxygens (including phenoxy) is 2. The van der Waals surface area contributed by atoms with Crippen LogP contribution in [0.1, 0.15) is 6.42 Å². The number of carbonyl (C=O) groups is 2. The van der Waals surface area contributed by atoms with E-state index < -0.39 is 0 Å². The number of rotatable bonds is 4. The third kappa shape index (κ3) is 3.73. The quantitative estimate of drug-likeness (QED) is 0.820. The molecule has 0 unspecified atom stereocenters. The van der Waals surface area contributed by atoms with Gasteiger partial charge in [-0.15, -0.1) is 11.8 Å². The molecule has 140 valence electrons. The summed E-state index contributed by atoms with van der Waals surface area (Å²) in [6, 6.07) is 13.1. The van der Waals surface area contributed by atoms with E-state index in [1.54, 1.807) is 28.8 Å². The van der Waals surface area contributed by atoms with Crippen LogP contribution < -0.4 is 19.7 Å². The van der Waals surface area contributed by atoms with E-state index in [0.717, 1.165) is 16.3 Å². The van der Waals surface area contributed by atoms with Gasteiger partial charge < -0.3 is 19.7 Å². The Bertz CT molecular complexity index is 869. The van der Waals surface area contributed by atoms with Crippen molar-refractivity contribution in [1.82, 2.24) is 0 Å². The van der Waals surface area contributed by atoms with Crippen LogP contribution in [0.5, 0.6) is 11.5 Å². The lowest BCUT2D eigenvalue weighted by Gasteiger charge is -2.22. The average Bonchev–Trinajstić information content (AvgIpc) is 3.10. The number of hydrogen-bond donors (Lipinski definition) is 1. The second-order valence-electron chi connectivity index (χ2n) is 6.45. The van der Waals surface area contributed by atoms with Crippen LogP contribution in [0.3, 0.4) is 0 Å². The molecular weight excluding hydrogens is 364 g/mol. The first kappa shape index (κ1) is 17.7. The van der Waals surface area contributed by atoms with Gasteiger partial charge in [0.1, 0.15) is 13.2 Å². The summed E-state index contributed by atoms with van der Waals surface area (Å²) in [5.41, 5.74) is 1.46. The molecule has 2 aromatic rings. The fourth-order valence-electron chi connectivity index (χ4n) is 3.25. The van der Waals surface area contributed by atoms with Gasteiger partial charge >= 0.3 is 0 Å². The number of thioether (sulfide) groups is 1. The molecule has 0 aliphatic carbocycles. The van der Waals surface area contributed by atoms with Crippen LogP contribution >= 0.6 is 11.8 Å². The number of hydrogen-bond acceptors (Lipinski definition) is 5. The highest BCUT2D eigenvalue weighted by molar-refractivity contribution is 7.98. The van der Waals surface area contributed by atoms with Gasteiger partial charge in [-0.25, -0.2) is 0 Å². The minimum absolute atomic E-state index is 0.0652. The molecular formula is C20H20N2O4S. The minimum Gasteiger partial charge on any atom is -0.486 e. The summed E-state index contributed by atoms with van der Waals surface area (Å²) in [6.45, 7) is 1.37. The molecule has 2 heterocycles. The van der Waals surface area contributed by atoms with E-state index in [9.17, 15) is 9.59 Å². The molecule has 1 atom stereocenters. The van der Waals surface area contributed by atoms with Gasteiger partial charge in [0.25, 0.3) is 0 Å². The summed E-state index contributed by atoms with van der Waals surface area (Å²) in [4.78, 5) is 27.8. The van der Waals surface area contributed by atoms with E-state index in [1.807, 2.05) is 36.6 Å². The van der Waals surface area contributed by atoms with Crippen LogP contribution in [0.25, 0.3) is 0 Å². The Balaban J connectivity index is 1.44. The van der Waals surface area contributed by atoms with E-state index in [-0.39, 0.29) is 24.2 Å². The number of anilines is 2. The maximum Gasteiger partial charge on any atom is 0.229 e. The number of nitrogens with zero attached hydrogens (tertiary/aromatic N) is 1. The van der Waals surface area contributed by atoms with Crippen molar-refractivity contribution in [1.29, 1.82) is 0 Å². The Morgan fingerprint density at radius 3 is 2.59 bits per heavy atom. The third-order valence-corrected chi connectivity index (χ3v) is 5.43. The fraction of sp³-hybridized carbons (Fsp3) is 0.300. The van der Waals surface area contributed by atoms with Gasteiger partial charge in [0.15, 0.2) is 11.5 Å². The zero-order valence-electron chi connectivity index (χ0n) is 14.9. The lowest BCUT2D eigenvalue weighted by atomic mass is 10.1. The highest BCUT2D eigenvalue weighted by Crippen LogP contribution is 2.36. The van der Waals surface area contributed by atoms with Crippen LogP contribution in [-0.4, -0.2) is 37.8 Å². The lowest BCUT2D eigenvalue weighted by molar-refractivity contribution is -0.122. The van der Waals surface area contributed by atoms with Crippen LogP contribution in [0.4, 0.5) is 11.4 Å². The Morgan fingerprint density at radius 2 is 1.85 bits per heavy atom. The molecule has 1 fully saturated rings. The molecule has 27 heavy (non-hydrogen) atoms. The molecule has 2 aromatic carbocycles. The average molecular weight is 384 g/mol. The van der Waals surface area contributed by atoms with E-state index in [4.69, 9.17) is 9.47 Å². The highest BCUT2D eigenvalue weighted by Gasteiger charge is 2.35. The Morgan fingerprint density at radius 1 is 1.11 bits per heavy atom.